The molecule has 1 aliphatic heterocycles. The quantitative estimate of drug-likeness (QED) is 0.919. The Morgan fingerprint density at radius 1 is 1.30 bits per heavy atom. The van der Waals surface area contributed by atoms with E-state index in [1.807, 2.05) is 0 Å². The Balaban J connectivity index is 1.53. The number of rotatable bonds is 4. The Hall–Kier alpha value is -1.06. The van der Waals surface area contributed by atoms with Crippen LogP contribution in [0.4, 0.5) is 0 Å². The van der Waals surface area contributed by atoms with Gasteiger partial charge in [-0.1, -0.05) is 30.5 Å². The predicted octanol–water partition coefficient (Wildman–Crippen LogP) is 2.83. The monoisotopic (exact) mass is 275 g/mol. The first-order valence-electron chi connectivity index (χ1n) is 7.84. The van der Waals surface area contributed by atoms with Crippen LogP contribution >= 0.6 is 0 Å². The number of aryl methyl sites for hydroxylation is 1. The van der Waals surface area contributed by atoms with Crippen molar-refractivity contribution in [2.24, 2.45) is 11.7 Å². The molecular formula is C17H25NO2. The van der Waals surface area contributed by atoms with Crippen molar-refractivity contribution in [3.8, 4) is 5.75 Å². The molecule has 2 N–H and O–H groups in total. The molecule has 1 aliphatic carbocycles. The molecule has 1 heterocycles. The Morgan fingerprint density at radius 2 is 2.15 bits per heavy atom. The molecule has 1 saturated carbocycles. The molecule has 0 aromatic heterocycles. The Bertz CT molecular complexity index is 460. The van der Waals surface area contributed by atoms with Crippen LogP contribution in [0, 0.1) is 12.8 Å². The summed E-state index contributed by atoms with van der Waals surface area (Å²) in [5, 5.41) is 0. The first-order valence-corrected chi connectivity index (χ1v) is 7.84. The number of hydrogen-bond donors (Lipinski definition) is 1. The summed E-state index contributed by atoms with van der Waals surface area (Å²) < 4.78 is 12.1. The predicted molar refractivity (Wildman–Crippen MR) is 80.1 cm³/mol. The van der Waals surface area contributed by atoms with Gasteiger partial charge in [-0.05, 0) is 43.9 Å². The minimum absolute atomic E-state index is 0.173. The molecule has 3 rings (SSSR count). The van der Waals surface area contributed by atoms with E-state index in [0.717, 1.165) is 25.1 Å². The number of fused-ring (bicyclic) bond motifs is 1. The van der Waals surface area contributed by atoms with E-state index in [1.54, 1.807) is 0 Å². The summed E-state index contributed by atoms with van der Waals surface area (Å²) in [4.78, 5) is 0. The lowest BCUT2D eigenvalue weighted by Crippen LogP contribution is -2.35. The first kappa shape index (κ1) is 13.9. The molecule has 1 aromatic carbocycles. The van der Waals surface area contributed by atoms with Gasteiger partial charge >= 0.3 is 0 Å². The minimum Gasteiger partial charge on any atom is -0.487 e. The second-order valence-electron chi connectivity index (χ2n) is 6.21. The van der Waals surface area contributed by atoms with Crippen LogP contribution in [0.3, 0.4) is 0 Å². The lowest BCUT2D eigenvalue weighted by Gasteiger charge is -2.31. The average Bonchev–Trinajstić information content (AvgIpc) is 2.87. The molecule has 3 unspecified atom stereocenters. The van der Waals surface area contributed by atoms with Crippen molar-refractivity contribution in [2.45, 2.75) is 51.2 Å². The Kier molecular flexibility index (Phi) is 4.27. The fourth-order valence-corrected chi connectivity index (χ4v) is 3.44. The summed E-state index contributed by atoms with van der Waals surface area (Å²) >= 11 is 0. The van der Waals surface area contributed by atoms with Gasteiger partial charge in [0.05, 0.1) is 12.7 Å². The molecule has 20 heavy (non-hydrogen) atoms. The van der Waals surface area contributed by atoms with Crippen molar-refractivity contribution in [2.75, 3.05) is 13.2 Å². The highest BCUT2D eigenvalue weighted by Crippen LogP contribution is 2.31. The van der Waals surface area contributed by atoms with Crippen molar-refractivity contribution in [3.63, 3.8) is 0 Å². The molecule has 110 valence electrons. The summed E-state index contributed by atoms with van der Waals surface area (Å²) in [6, 6.07) is 6.40. The topological polar surface area (TPSA) is 44.5 Å². The number of ether oxygens (including phenoxy) is 2. The molecule has 0 spiro atoms. The number of nitrogens with two attached hydrogens (primary N) is 1. The van der Waals surface area contributed by atoms with Crippen molar-refractivity contribution in [1.29, 1.82) is 0 Å². The Labute approximate surface area is 121 Å². The SMILES string of the molecule is Cc1ccc2c(c1)CC(COC1CCCCC1CN)O2. The van der Waals surface area contributed by atoms with Crippen LogP contribution in [0.15, 0.2) is 18.2 Å². The Morgan fingerprint density at radius 3 is 3.00 bits per heavy atom. The average molecular weight is 275 g/mol. The van der Waals surface area contributed by atoms with Crippen molar-refractivity contribution in [3.05, 3.63) is 29.3 Å². The first-order chi connectivity index (χ1) is 9.76. The molecule has 2 aliphatic rings. The molecule has 3 heteroatoms. The molecule has 0 radical (unpaired) electrons. The van der Waals surface area contributed by atoms with E-state index in [9.17, 15) is 0 Å². The normalized spacial score (nSPS) is 29.0. The zero-order valence-corrected chi connectivity index (χ0v) is 12.3. The third-order valence-electron chi connectivity index (χ3n) is 4.60. The fourth-order valence-electron chi connectivity index (χ4n) is 3.44. The maximum atomic E-state index is 6.13. The van der Waals surface area contributed by atoms with Gasteiger partial charge in [0.1, 0.15) is 11.9 Å². The molecule has 0 saturated heterocycles. The van der Waals surface area contributed by atoms with Crippen LogP contribution < -0.4 is 10.5 Å². The van der Waals surface area contributed by atoms with Gasteiger partial charge in [-0.2, -0.15) is 0 Å². The van der Waals surface area contributed by atoms with Gasteiger partial charge < -0.3 is 15.2 Å². The van der Waals surface area contributed by atoms with Gasteiger partial charge in [-0.25, -0.2) is 0 Å². The summed E-state index contributed by atoms with van der Waals surface area (Å²) in [6.45, 7) is 3.56. The zero-order valence-electron chi connectivity index (χ0n) is 12.3. The van der Waals surface area contributed by atoms with Crippen LogP contribution in [0.1, 0.15) is 36.8 Å². The van der Waals surface area contributed by atoms with Gasteiger partial charge in [0, 0.05) is 6.42 Å². The van der Waals surface area contributed by atoms with E-state index >= 15 is 0 Å². The number of benzene rings is 1. The van der Waals surface area contributed by atoms with Gasteiger partial charge in [-0.3, -0.25) is 0 Å². The van der Waals surface area contributed by atoms with Crippen LogP contribution in [-0.2, 0) is 11.2 Å². The van der Waals surface area contributed by atoms with E-state index in [0.29, 0.717) is 18.6 Å². The summed E-state index contributed by atoms with van der Waals surface area (Å²) in [5.74, 6) is 1.57. The van der Waals surface area contributed by atoms with Crippen LogP contribution in [0.25, 0.3) is 0 Å². The van der Waals surface area contributed by atoms with E-state index in [-0.39, 0.29) is 6.10 Å². The maximum Gasteiger partial charge on any atom is 0.126 e. The second-order valence-corrected chi connectivity index (χ2v) is 6.21. The third-order valence-corrected chi connectivity index (χ3v) is 4.60. The molecular weight excluding hydrogens is 250 g/mol. The largest absolute Gasteiger partial charge is 0.487 e. The molecule has 3 atom stereocenters. The molecule has 1 aromatic rings. The van der Waals surface area contributed by atoms with Crippen LogP contribution in [-0.4, -0.2) is 25.4 Å². The highest BCUT2D eigenvalue weighted by atomic mass is 16.5. The van der Waals surface area contributed by atoms with E-state index in [4.69, 9.17) is 15.2 Å². The molecule has 3 nitrogen and oxygen atoms in total. The maximum absolute atomic E-state index is 6.13. The molecule has 1 fully saturated rings. The van der Waals surface area contributed by atoms with Crippen molar-refractivity contribution < 1.29 is 9.47 Å². The van der Waals surface area contributed by atoms with E-state index in [2.05, 4.69) is 25.1 Å². The van der Waals surface area contributed by atoms with Gasteiger partial charge in [-0.15, -0.1) is 0 Å². The molecule has 0 bridgehead atoms. The lowest BCUT2D eigenvalue weighted by atomic mass is 9.86. The van der Waals surface area contributed by atoms with Crippen molar-refractivity contribution in [1.82, 2.24) is 0 Å². The summed E-state index contributed by atoms with van der Waals surface area (Å²) in [5.41, 5.74) is 8.46. The fraction of sp³-hybridized carbons (Fsp3) is 0.647. The van der Waals surface area contributed by atoms with Gasteiger partial charge in [0.15, 0.2) is 0 Å². The zero-order chi connectivity index (χ0) is 13.9. The highest BCUT2D eigenvalue weighted by Gasteiger charge is 2.28. The van der Waals surface area contributed by atoms with Gasteiger partial charge in [0.2, 0.25) is 0 Å². The third kappa shape index (κ3) is 2.99. The van der Waals surface area contributed by atoms with E-state index in [1.165, 1.54) is 30.4 Å². The van der Waals surface area contributed by atoms with Crippen LogP contribution in [0.2, 0.25) is 0 Å². The molecule has 0 amide bonds. The summed E-state index contributed by atoms with van der Waals surface area (Å²) in [7, 11) is 0. The lowest BCUT2D eigenvalue weighted by molar-refractivity contribution is -0.0373. The standard InChI is InChI=1S/C17H25NO2/c1-12-6-7-17-14(8-12)9-15(20-17)11-19-16-5-3-2-4-13(16)10-18/h6-8,13,15-16H,2-5,9-11,18H2,1H3. The number of hydrogen-bond acceptors (Lipinski definition) is 3. The smallest absolute Gasteiger partial charge is 0.126 e. The van der Waals surface area contributed by atoms with Crippen LogP contribution in [0.5, 0.6) is 5.75 Å². The highest BCUT2D eigenvalue weighted by molar-refractivity contribution is 5.40. The second kappa shape index (κ2) is 6.15. The van der Waals surface area contributed by atoms with Gasteiger partial charge in [0.25, 0.3) is 0 Å². The van der Waals surface area contributed by atoms with E-state index < -0.39 is 0 Å². The summed E-state index contributed by atoms with van der Waals surface area (Å²) in [6.07, 6.45) is 6.41. The minimum atomic E-state index is 0.173. The van der Waals surface area contributed by atoms with Crippen molar-refractivity contribution >= 4 is 0 Å².